The molecule has 18 heavy (non-hydrogen) atoms. The molecular formula is C15H14BrNO. The number of pyridine rings is 1. The first-order valence-electron chi connectivity index (χ1n) is 5.76. The van der Waals surface area contributed by atoms with Crippen molar-refractivity contribution in [2.24, 2.45) is 0 Å². The maximum atomic E-state index is 12.2. The number of hydrogen-bond donors (Lipinski definition) is 0. The van der Waals surface area contributed by atoms with Crippen molar-refractivity contribution >= 4 is 21.7 Å². The summed E-state index contributed by atoms with van der Waals surface area (Å²) in [7, 11) is 0. The molecule has 0 radical (unpaired) electrons. The van der Waals surface area contributed by atoms with E-state index in [0.29, 0.717) is 6.42 Å². The molecule has 0 unspecified atom stereocenters. The van der Waals surface area contributed by atoms with Gasteiger partial charge in [0.2, 0.25) is 0 Å². The number of hydrogen-bond acceptors (Lipinski definition) is 2. The summed E-state index contributed by atoms with van der Waals surface area (Å²) in [6, 6.07) is 7.83. The monoisotopic (exact) mass is 303 g/mol. The minimum atomic E-state index is 0.132. The molecule has 1 heterocycles. The van der Waals surface area contributed by atoms with Gasteiger partial charge in [-0.1, -0.05) is 23.8 Å². The maximum absolute atomic E-state index is 12.2. The number of rotatable bonds is 3. The molecule has 2 nitrogen and oxygen atoms in total. The van der Waals surface area contributed by atoms with Crippen LogP contribution in [0.5, 0.6) is 0 Å². The first kappa shape index (κ1) is 13.0. The highest BCUT2D eigenvalue weighted by Gasteiger charge is 2.10. The Bertz CT molecular complexity index is 593. The minimum absolute atomic E-state index is 0.132. The normalized spacial score (nSPS) is 10.4. The predicted molar refractivity (Wildman–Crippen MR) is 75.9 cm³/mol. The highest BCUT2D eigenvalue weighted by molar-refractivity contribution is 9.10. The van der Waals surface area contributed by atoms with Gasteiger partial charge in [0, 0.05) is 28.9 Å². The van der Waals surface area contributed by atoms with E-state index in [4.69, 9.17) is 0 Å². The van der Waals surface area contributed by atoms with Crippen molar-refractivity contribution in [2.75, 3.05) is 0 Å². The highest BCUT2D eigenvalue weighted by atomic mass is 79.9. The molecule has 2 aromatic rings. The molecule has 0 aliphatic carbocycles. The van der Waals surface area contributed by atoms with Crippen LogP contribution >= 0.6 is 15.9 Å². The quantitative estimate of drug-likeness (QED) is 0.805. The minimum Gasteiger partial charge on any atom is -0.294 e. The number of aromatic nitrogens is 1. The van der Waals surface area contributed by atoms with Gasteiger partial charge in [0.25, 0.3) is 0 Å². The van der Waals surface area contributed by atoms with Crippen molar-refractivity contribution in [2.45, 2.75) is 20.3 Å². The van der Waals surface area contributed by atoms with Crippen molar-refractivity contribution in [1.29, 1.82) is 0 Å². The first-order chi connectivity index (χ1) is 8.56. The fraction of sp³-hybridized carbons (Fsp3) is 0.200. The Kier molecular flexibility index (Phi) is 3.92. The Balaban J connectivity index is 2.22. The Morgan fingerprint density at radius 2 is 2.00 bits per heavy atom. The number of halogens is 1. The Morgan fingerprint density at radius 3 is 2.67 bits per heavy atom. The van der Waals surface area contributed by atoms with Crippen molar-refractivity contribution in [3.05, 3.63) is 63.4 Å². The molecule has 0 fully saturated rings. The SMILES string of the molecule is Cc1ccc(C(=O)Cc2cncc(Br)c2)c(C)c1. The van der Waals surface area contributed by atoms with E-state index in [-0.39, 0.29) is 5.78 Å². The van der Waals surface area contributed by atoms with Crippen LogP contribution in [-0.2, 0) is 6.42 Å². The molecule has 0 aliphatic rings. The average molecular weight is 304 g/mol. The van der Waals surface area contributed by atoms with Crippen molar-refractivity contribution < 1.29 is 4.79 Å². The van der Waals surface area contributed by atoms with Crippen LogP contribution in [0, 0.1) is 13.8 Å². The maximum Gasteiger partial charge on any atom is 0.167 e. The Labute approximate surface area is 115 Å². The van der Waals surface area contributed by atoms with Crippen molar-refractivity contribution in [1.82, 2.24) is 4.98 Å². The van der Waals surface area contributed by atoms with Gasteiger partial charge in [-0.3, -0.25) is 9.78 Å². The summed E-state index contributed by atoms with van der Waals surface area (Å²) in [6.07, 6.45) is 3.83. The summed E-state index contributed by atoms with van der Waals surface area (Å²) < 4.78 is 0.897. The molecule has 0 amide bonds. The number of nitrogens with zero attached hydrogens (tertiary/aromatic N) is 1. The standard InChI is InChI=1S/C15H14BrNO/c1-10-3-4-14(11(2)5-10)15(18)7-12-6-13(16)9-17-8-12/h3-6,8-9H,7H2,1-2H3. The number of carbonyl (C=O) groups is 1. The number of aryl methyl sites for hydroxylation is 2. The van der Waals surface area contributed by atoms with Gasteiger partial charge in [-0.25, -0.2) is 0 Å². The van der Waals surface area contributed by atoms with Gasteiger partial charge in [-0.2, -0.15) is 0 Å². The summed E-state index contributed by atoms with van der Waals surface area (Å²) in [4.78, 5) is 16.3. The van der Waals surface area contributed by atoms with Gasteiger partial charge in [0.05, 0.1) is 0 Å². The zero-order valence-corrected chi connectivity index (χ0v) is 12.0. The summed E-state index contributed by atoms with van der Waals surface area (Å²) in [5, 5.41) is 0. The number of ketones is 1. The molecular weight excluding hydrogens is 290 g/mol. The van der Waals surface area contributed by atoms with Gasteiger partial charge < -0.3 is 0 Å². The second kappa shape index (κ2) is 5.44. The average Bonchev–Trinajstić information content (AvgIpc) is 2.28. The highest BCUT2D eigenvalue weighted by Crippen LogP contribution is 2.15. The fourth-order valence-electron chi connectivity index (χ4n) is 1.96. The van der Waals surface area contributed by atoms with Crippen molar-refractivity contribution in [3.63, 3.8) is 0 Å². The lowest BCUT2D eigenvalue weighted by Crippen LogP contribution is -2.06. The summed E-state index contributed by atoms with van der Waals surface area (Å²) in [5.74, 6) is 0.132. The lowest BCUT2D eigenvalue weighted by molar-refractivity contribution is 0.0992. The number of Topliss-reactive ketones (excluding diaryl/α,β-unsaturated/α-hetero) is 1. The van der Waals surface area contributed by atoms with E-state index in [1.807, 2.05) is 38.1 Å². The van der Waals surface area contributed by atoms with Crippen LogP contribution in [0.1, 0.15) is 27.0 Å². The van der Waals surface area contributed by atoms with E-state index in [9.17, 15) is 4.79 Å². The molecule has 0 N–H and O–H groups in total. The molecule has 0 atom stereocenters. The Morgan fingerprint density at radius 1 is 1.22 bits per heavy atom. The predicted octanol–water partition coefficient (Wildman–Crippen LogP) is 3.89. The van der Waals surface area contributed by atoms with E-state index in [2.05, 4.69) is 20.9 Å². The number of benzene rings is 1. The molecule has 3 heteroatoms. The van der Waals surface area contributed by atoms with Crippen LogP contribution in [-0.4, -0.2) is 10.8 Å². The molecule has 1 aromatic carbocycles. The van der Waals surface area contributed by atoms with Crippen LogP contribution in [0.3, 0.4) is 0 Å². The zero-order valence-electron chi connectivity index (χ0n) is 10.4. The van der Waals surface area contributed by atoms with E-state index in [1.165, 1.54) is 5.56 Å². The van der Waals surface area contributed by atoms with Crippen LogP contribution in [0.4, 0.5) is 0 Å². The topological polar surface area (TPSA) is 30.0 Å². The molecule has 1 aromatic heterocycles. The second-order valence-corrected chi connectivity index (χ2v) is 5.35. The van der Waals surface area contributed by atoms with E-state index in [0.717, 1.165) is 21.2 Å². The van der Waals surface area contributed by atoms with E-state index < -0.39 is 0 Å². The Hall–Kier alpha value is -1.48. The molecule has 0 saturated carbocycles. The van der Waals surface area contributed by atoms with Crippen molar-refractivity contribution in [3.8, 4) is 0 Å². The smallest absolute Gasteiger partial charge is 0.167 e. The largest absolute Gasteiger partial charge is 0.294 e. The molecule has 0 spiro atoms. The van der Waals surface area contributed by atoms with Gasteiger partial charge in [0.15, 0.2) is 5.78 Å². The lowest BCUT2D eigenvalue weighted by Gasteiger charge is -2.06. The molecule has 0 aliphatic heterocycles. The van der Waals surface area contributed by atoms with E-state index >= 15 is 0 Å². The van der Waals surface area contributed by atoms with E-state index in [1.54, 1.807) is 12.4 Å². The van der Waals surface area contributed by atoms with Gasteiger partial charge >= 0.3 is 0 Å². The molecule has 0 saturated heterocycles. The van der Waals surface area contributed by atoms with Gasteiger partial charge in [-0.05, 0) is 47.0 Å². The third kappa shape index (κ3) is 3.05. The molecule has 92 valence electrons. The third-order valence-corrected chi connectivity index (χ3v) is 3.24. The summed E-state index contributed by atoms with van der Waals surface area (Å²) in [5.41, 5.74) is 3.92. The fourth-order valence-corrected chi connectivity index (χ4v) is 2.37. The second-order valence-electron chi connectivity index (χ2n) is 4.43. The zero-order chi connectivity index (χ0) is 13.1. The lowest BCUT2D eigenvalue weighted by atomic mass is 9.98. The first-order valence-corrected chi connectivity index (χ1v) is 6.55. The van der Waals surface area contributed by atoms with Crippen LogP contribution in [0.25, 0.3) is 0 Å². The number of carbonyl (C=O) groups excluding carboxylic acids is 1. The summed E-state index contributed by atoms with van der Waals surface area (Å²) in [6.45, 7) is 4.00. The van der Waals surface area contributed by atoms with Gasteiger partial charge in [0.1, 0.15) is 0 Å². The molecule has 0 bridgehead atoms. The third-order valence-electron chi connectivity index (χ3n) is 2.81. The summed E-state index contributed by atoms with van der Waals surface area (Å²) >= 11 is 3.36. The van der Waals surface area contributed by atoms with Crippen LogP contribution in [0.15, 0.2) is 41.1 Å². The van der Waals surface area contributed by atoms with Crippen LogP contribution in [0.2, 0.25) is 0 Å². The molecule has 2 rings (SSSR count). The van der Waals surface area contributed by atoms with Gasteiger partial charge in [-0.15, -0.1) is 0 Å². The van der Waals surface area contributed by atoms with Crippen LogP contribution < -0.4 is 0 Å².